The van der Waals surface area contributed by atoms with E-state index in [1.165, 1.54) is 6.21 Å². The van der Waals surface area contributed by atoms with E-state index in [1.807, 2.05) is 31.2 Å². The van der Waals surface area contributed by atoms with Gasteiger partial charge >= 0.3 is 5.97 Å². The van der Waals surface area contributed by atoms with Crippen molar-refractivity contribution in [2.45, 2.75) is 13.3 Å². The zero-order valence-corrected chi connectivity index (χ0v) is 19.7. The van der Waals surface area contributed by atoms with Crippen LogP contribution >= 0.6 is 15.9 Å². The summed E-state index contributed by atoms with van der Waals surface area (Å²) in [6, 6.07) is 19.7. The van der Waals surface area contributed by atoms with Crippen LogP contribution in [0.15, 0.2) is 89.0 Å². The molecule has 0 aliphatic heterocycles. The van der Waals surface area contributed by atoms with Crippen molar-refractivity contribution in [1.29, 1.82) is 0 Å². The normalized spacial score (nSPS) is 10.6. The van der Waals surface area contributed by atoms with Crippen LogP contribution in [0.3, 0.4) is 0 Å². The predicted octanol–water partition coefficient (Wildman–Crippen LogP) is 5.23. The fourth-order valence-electron chi connectivity index (χ4n) is 2.96. The average Bonchev–Trinajstić information content (AvgIpc) is 2.80. The number of carbonyl (C=O) groups excluding carboxylic acids is 2. The molecular weight excluding hydrogens is 484 g/mol. The van der Waals surface area contributed by atoms with Crippen LogP contribution in [-0.2, 0) is 11.2 Å². The maximum Gasteiger partial charge on any atom is 0.343 e. The monoisotopic (exact) mass is 506 g/mol. The van der Waals surface area contributed by atoms with Crippen LogP contribution in [0.1, 0.15) is 27.0 Å². The number of rotatable bonds is 9. The van der Waals surface area contributed by atoms with E-state index >= 15 is 0 Å². The Morgan fingerprint density at radius 3 is 2.67 bits per heavy atom. The maximum atomic E-state index is 12.5. The molecule has 6 nitrogen and oxygen atoms in total. The van der Waals surface area contributed by atoms with Crippen molar-refractivity contribution in [2.75, 3.05) is 6.61 Å². The van der Waals surface area contributed by atoms with E-state index in [4.69, 9.17) is 9.47 Å². The predicted molar refractivity (Wildman–Crippen MR) is 132 cm³/mol. The molecule has 0 aliphatic carbocycles. The molecule has 0 saturated carbocycles. The average molecular weight is 507 g/mol. The van der Waals surface area contributed by atoms with Gasteiger partial charge < -0.3 is 9.47 Å². The molecular formula is C26H23BrN2O4. The Hall–Kier alpha value is -3.71. The minimum absolute atomic E-state index is 0.195. The number of aryl methyl sites for hydroxylation is 1. The molecule has 33 heavy (non-hydrogen) atoms. The van der Waals surface area contributed by atoms with Crippen molar-refractivity contribution in [3.05, 3.63) is 106 Å². The van der Waals surface area contributed by atoms with E-state index in [9.17, 15) is 9.59 Å². The highest BCUT2D eigenvalue weighted by Gasteiger charge is 2.12. The molecule has 1 N–H and O–H groups in total. The Kier molecular flexibility index (Phi) is 8.55. The number of allylic oxidation sites excluding steroid dienone is 1. The summed E-state index contributed by atoms with van der Waals surface area (Å²) in [7, 11) is 0. The van der Waals surface area contributed by atoms with Crippen molar-refractivity contribution in [3.8, 4) is 11.5 Å². The number of amides is 1. The van der Waals surface area contributed by atoms with Crippen LogP contribution in [0.4, 0.5) is 0 Å². The number of hydrogen-bond donors (Lipinski definition) is 1. The molecule has 7 heteroatoms. The van der Waals surface area contributed by atoms with Crippen LogP contribution in [-0.4, -0.2) is 24.7 Å². The lowest BCUT2D eigenvalue weighted by molar-refractivity contribution is -0.123. The number of hydrogen-bond acceptors (Lipinski definition) is 5. The Morgan fingerprint density at radius 2 is 1.88 bits per heavy atom. The van der Waals surface area contributed by atoms with Crippen LogP contribution < -0.4 is 14.9 Å². The maximum absolute atomic E-state index is 12.5. The topological polar surface area (TPSA) is 77.0 Å². The number of nitrogens with zero attached hydrogens (tertiary/aromatic N) is 1. The second kappa shape index (κ2) is 11.8. The number of ether oxygens (including phenoxy) is 2. The Bertz CT molecular complexity index is 1190. The first-order chi connectivity index (χ1) is 16.0. The molecule has 0 bridgehead atoms. The van der Waals surface area contributed by atoms with Gasteiger partial charge in [-0.05, 0) is 55.3 Å². The fourth-order valence-corrected chi connectivity index (χ4v) is 3.34. The molecule has 0 unspecified atom stereocenters. The van der Waals surface area contributed by atoms with Crippen LogP contribution in [0.5, 0.6) is 11.5 Å². The van der Waals surface area contributed by atoms with Crippen LogP contribution in [0.2, 0.25) is 0 Å². The zero-order chi connectivity index (χ0) is 23.6. The Morgan fingerprint density at radius 1 is 1.06 bits per heavy atom. The minimum Gasteiger partial charge on any atom is -0.483 e. The molecule has 168 valence electrons. The van der Waals surface area contributed by atoms with Crippen molar-refractivity contribution < 1.29 is 19.1 Å². The first kappa shape index (κ1) is 23.9. The minimum atomic E-state index is -0.480. The van der Waals surface area contributed by atoms with Gasteiger partial charge in [-0.15, -0.1) is 6.58 Å². The smallest absolute Gasteiger partial charge is 0.343 e. The van der Waals surface area contributed by atoms with Gasteiger partial charge in [0, 0.05) is 10.0 Å². The van der Waals surface area contributed by atoms with E-state index in [2.05, 4.69) is 33.0 Å². The highest BCUT2D eigenvalue weighted by atomic mass is 79.9. The summed E-state index contributed by atoms with van der Waals surface area (Å²) in [5, 5.41) is 3.98. The molecule has 3 aromatic carbocycles. The largest absolute Gasteiger partial charge is 0.483 e. The van der Waals surface area contributed by atoms with Gasteiger partial charge in [0.1, 0.15) is 11.5 Å². The van der Waals surface area contributed by atoms with Crippen molar-refractivity contribution >= 4 is 34.0 Å². The second-order valence-corrected chi connectivity index (χ2v) is 8.04. The van der Waals surface area contributed by atoms with Gasteiger partial charge in [-0.2, -0.15) is 5.10 Å². The summed E-state index contributed by atoms with van der Waals surface area (Å²) >= 11 is 3.39. The van der Waals surface area contributed by atoms with Crippen molar-refractivity contribution in [3.63, 3.8) is 0 Å². The number of benzene rings is 3. The molecule has 0 spiro atoms. The van der Waals surface area contributed by atoms with Gasteiger partial charge in [-0.3, -0.25) is 4.79 Å². The van der Waals surface area contributed by atoms with E-state index in [0.29, 0.717) is 29.0 Å². The SMILES string of the molecule is C=CCc1ccccc1OCC(=O)N/N=C\c1cc(Br)ccc1OC(=O)c1cccc(C)c1. The molecule has 0 aliphatic rings. The standard InChI is InChI=1S/C26H23BrN2O4/c1-3-7-19-9-4-5-11-23(19)32-17-25(30)29-28-16-21-15-22(27)12-13-24(21)33-26(31)20-10-6-8-18(2)14-20/h3-6,8-16H,1,7,17H2,2H3,(H,29,30)/b28-16-. The van der Waals surface area contributed by atoms with Gasteiger partial charge in [-0.1, -0.05) is 57.9 Å². The van der Waals surface area contributed by atoms with Crippen LogP contribution in [0.25, 0.3) is 0 Å². The summed E-state index contributed by atoms with van der Waals surface area (Å²) in [6.07, 6.45) is 3.82. The molecule has 3 aromatic rings. The van der Waals surface area contributed by atoms with Gasteiger partial charge in [0.2, 0.25) is 0 Å². The van der Waals surface area contributed by atoms with Crippen LogP contribution in [0, 0.1) is 6.92 Å². The Balaban J connectivity index is 1.62. The van der Waals surface area contributed by atoms with E-state index in [0.717, 1.165) is 15.6 Å². The quantitative estimate of drug-likeness (QED) is 0.141. The second-order valence-electron chi connectivity index (χ2n) is 7.12. The molecule has 0 atom stereocenters. The number of esters is 1. The lowest BCUT2D eigenvalue weighted by Crippen LogP contribution is -2.24. The number of hydrazone groups is 1. The van der Waals surface area contributed by atoms with Gasteiger partial charge in [0.25, 0.3) is 5.91 Å². The number of halogens is 1. The summed E-state index contributed by atoms with van der Waals surface area (Å²) < 4.78 is 11.9. The molecule has 1 amide bonds. The van der Waals surface area contributed by atoms with Gasteiger partial charge in [0.05, 0.1) is 11.8 Å². The molecule has 0 aromatic heterocycles. The zero-order valence-electron chi connectivity index (χ0n) is 18.1. The summed E-state index contributed by atoms with van der Waals surface area (Å²) in [4.78, 5) is 24.7. The molecule has 0 saturated heterocycles. The first-order valence-corrected chi connectivity index (χ1v) is 11.0. The molecule has 3 rings (SSSR count). The van der Waals surface area contributed by atoms with E-state index in [-0.39, 0.29) is 6.61 Å². The fraction of sp³-hybridized carbons (Fsp3) is 0.115. The third kappa shape index (κ3) is 7.15. The van der Waals surface area contributed by atoms with Gasteiger partial charge in [0.15, 0.2) is 6.61 Å². The molecule has 0 radical (unpaired) electrons. The highest BCUT2D eigenvalue weighted by Crippen LogP contribution is 2.23. The third-order valence-electron chi connectivity index (χ3n) is 4.52. The lowest BCUT2D eigenvalue weighted by Gasteiger charge is -2.10. The number of nitrogens with one attached hydrogen (secondary N) is 1. The molecule has 0 fully saturated rings. The van der Waals surface area contributed by atoms with Crippen molar-refractivity contribution in [2.24, 2.45) is 5.10 Å². The number of carbonyl (C=O) groups is 2. The number of para-hydroxylation sites is 1. The summed E-state index contributed by atoms with van der Waals surface area (Å²) in [6.45, 7) is 5.43. The highest BCUT2D eigenvalue weighted by molar-refractivity contribution is 9.10. The van der Waals surface area contributed by atoms with Crippen molar-refractivity contribution in [1.82, 2.24) is 5.43 Å². The van der Waals surface area contributed by atoms with Gasteiger partial charge in [-0.25, -0.2) is 10.2 Å². The van der Waals surface area contributed by atoms with E-state index in [1.54, 1.807) is 48.5 Å². The molecule has 0 heterocycles. The first-order valence-electron chi connectivity index (χ1n) is 10.2. The van der Waals surface area contributed by atoms with E-state index < -0.39 is 11.9 Å². The third-order valence-corrected chi connectivity index (χ3v) is 5.01. The summed E-state index contributed by atoms with van der Waals surface area (Å²) in [5.74, 6) is 0.0328. The summed E-state index contributed by atoms with van der Waals surface area (Å²) in [5.41, 5.74) is 5.29. The Labute approximate surface area is 201 Å². The lowest BCUT2D eigenvalue weighted by atomic mass is 10.1.